The second-order valence-electron chi connectivity index (χ2n) is 7.83. The van der Waals surface area contributed by atoms with Gasteiger partial charge < -0.3 is 19.7 Å². The quantitative estimate of drug-likeness (QED) is 0.810. The van der Waals surface area contributed by atoms with Crippen molar-refractivity contribution in [1.82, 2.24) is 29.9 Å². The van der Waals surface area contributed by atoms with Crippen LogP contribution in [0, 0.1) is 0 Å². The van der Waals surface area contributed by atoms with E-state index < -0.39 is 0 Å². The van der Waals surface area contributed by atoms with E-state index in [9.17, 15) is 9.59 Å². The molecule has 1 saturated heterocycles. The second kappa shape index (κ2) is 7.79. The minimum atomic E-state index is -0.125. The fourth-order valence-electron chi connectivity index (χ4n) is 4.30. The molecule has 2 amide bonds. The van der Waals surface area contributed by atoms with Crippen molar-refractivity contribution in [3.63, 3.8) is 0 Å². The molecule has 2 aromatic rings. The van der Waals surface area contributed by atoms with Crippen LogP contribution in [0.4, 0.5) is 0 Å². The molecule has 8 heteroatoms. The maximum absolute atomic E-state index is 12.7. The molecule has 0 aliphatic carbocycles. The van der Waals surface area contributed by atoms with E-state index in [2.05, 4.69) is 27.5 Å². The summed E-state index contributed by atoms with van der Waals surface area (Å²) in [4.78, 5) is 29.5. The average Bonchev–Trinajstić information content (AvgIpc) is 3.40. The average molecular weight is 384 g/mol. The van der Waals surface area contributed by atoms with Crippen LogP contribution in [0.2, 0.25) is 0 Å². The zero-order valence-electron chi connectivity index (χ0n) is 16.6. The third kappa shape index (κ3) is 3.56. The summed E-state index contributed by atoms with van der Waals surface area (Å²) < 4.78 is 1.82. The molecule has 1 atom stereocenters. The van der Waals surface area contributed by atoms with Crippen molar-refractivity contribution in [3.05, 3.63) is 41.0 Å². The van der Waals surface area contributed by atoms with E-state index >= 15 is 0 Å². The Morgan fingerprint density at radius 2 is 2.18 bits per heavy atom. The van der Waals surface area contributed by atoms with Gasteiger partial charge in [0.1, 0.15) is 5.69 Å². The van der Waals surface area contributed by atoms with E-state index in [1.54, 1.807) is 4.90 Å². The number of fused-ring (bicyclic) bond motifs is 1. The Morgan fingerprint density at radius 1 is 1.32 bits per heavy atom. The fourth-order valence-corrected chi connectivity index (χ4v) is 4.30. The van der Waals surface area contributed by atoms with E-state index in [0.717, 1.165) is 24.2 Å². The zero-order valence-corrected chi connectivity index (χ0v) is 16.6. The molecule has 28 heavy (non-hydrogen) atoms. The molecule has 2 aliphatic rings. The van der Waals surface area contributed by atoms with Crippen LogP contribution in [-0.2, 0) is 20.0 Å². The lowest BCUT2D eigenvalue weighted by molar-refractivity contribution is 0.0723. The van der Waals surface area contributed by atoms with Gasteiger partial charge in [0.15, 0.2) is 5.69 Å². The van der Waals surface area contributed by atoms with Gasteiger partial charge in [0.2, 0.25) is 0 Å². The van der Waals surface area contributed by atoms with Gasteiger partial charge in [-0.25, -0.2) is 0 Å². The number of nitrogens with one attached hydrogen (secondary N) is 2. The minimum absolute atomic E-state index is 0.000523. The van der Waals surface area contributed by atoms with Gasteiger partial charge in [-0.3, -0.25) is 14.7 Å². The monoisotopic (exact) mass is 384 g/mol. The number of aromatic nitrogens is 3. The molecule has 2 N–H and O–H groups in total. The third-order valence-corrected chi connectivity index (χ3v) is 6.03. The molecule has 1 fully saturated rings. The topological polar surface area (TPSA) is 86.3 Å². The van der Waals surface area contributed by atoms with Crippen molar-refractivity contribution >= 4 is 11.8 Å². The highest BCUT2D eigenvalue weighted by Gasteiger charge is 2.29. The summed E-state index contributed by atoms with van der Waals surface area (Å²) in [7, 11) is 4.01. The van der Waals surface area contributed by atoms with Crippen LogP contribution in [0.15, 0.2) is 18.3 Å². The molecular weight excluding hydrogens is 356 g/mol. The highest BCUT2D eigenvalue weighted by molar-refractivity contribution is 5.95. The SMILES string of the molecule is CN1CCCC1CCNC(=O)c1n[nH]c2c1CCN(C(=O)c1cccn1C)C2. The number of likely N-dealkylation sites (tertiary alicyclic amines) is 1. The van der Waals surface area contributed by atoms with Gasteiger partial charge in [0.05, 0.1) is 12.2 Å². The molecule has 150 valence electrons. The van der Waals surface area contributed by atoms with E-state index in [1.165, 1.54) is 12.8 Å². The molecule has 0 radical (unpaired) electrons. The Labute approximate surface area is 164 Å². The zero-order chi connectivity index (χ0) is 19.7. The van der Waals surface area contributed by atoms with E-state index in [0.29, 0.717) is 43.5 Å². The molecule has 4 rings (SSSR count). The van der Waals surface area contributed by atoms with Crippen molar-refractivity contribution < 1.29 is 9.59 Å². The molecule has 0 saturated carbocycles. The summed E-state index contributed by atoms with van der Waals surface area (Å²) in [5.74, 6) is -0.125. The van der Waals surface area contributed by atoms with E-state index in [-0.39, 0.29) is 11.8 Å². The third-order valence-electron chi connectivity index (χ3n) is 6.03. The number of carbonyl (C=O) groups is 2. The van der Waals surface area contributed by atoms with Crippen LogP contribution in [-0.4, -0.2) is 69.1 Å². The number of hydrogen-bond acceptors (Lipinski definition) is 4. The molecule has 4 heterocycles. The number of amides is 2. The number of rotatable bonds is 5. The summed E-state index contributed by atoms with van der Waals surface area (Å²) in [5.41, 5.74) is 2.93. The van der Waals surface area contributed by atoms with Crippen molar-refractivity contribution in [2.24, 2.45) is 7.05 Å². The Kier molecular flexibility index (Phi) is 5.21. The number of nitrogens with zero attached hydrogens (tertiary/aromatic N) is 4. The van der Waals surface area contributed by atoms with Crippen LogP contribution in [0.1, 0.15) is 51.5 Å². The van der Waals surface area contributed by atoms with Crippen LogP contribution in [0.5, 0.6) is 0 Å². The Balaban J connectivity index is 1.36. The number of carbonyl (C=O) groups excluding carboxylic acids is 2. The summed E-state index contributed by atoms with van der Waals surface area (Å²) in [6, 6.07) is 4.25. The van der Waals surface area contributed by atoms with Gasteiger partial charge in [-0.1, -0.05) is 0 Å². The lowest BCUT2D eigenvalue weighted by atomic mass is 10.0. The van der Waals surface area contributed by atoms with E-state index in [1.807, 2.05) is 29.9 Å². The maximum atomic E-state index is 12.7. The Morgan fingerprint density at radius 3 is 2.89 bits per heavy atom. The summed E-state index contributed by atoms with van der Waals surface area (Å²) >= 11 is 0. The first-order chi connectivity index (χ1) is 13.5. The molecule has 2 aliphatic heterocycles. The number of aromatic amines is 1. The number of hydrogen-bond donors (Lipinski definition) is 2. The summed E-state index contributed by atoms with van der Waals surface area (Å²) in [5, 5.41) is 10.2. The highest BCUT2D eigenvalue weighted by Crippen LogP contribution is 2.22. The smallest absolute Gasteiger partial charge is 0.272 e. The Bertz CT molecular complexity index is 870. The molecule has 8 nitrogen and oxygen atoms in total. The van der Waals surface area contributed by atoms with Crippen LogP contribution >= 0.6 is 0 Å². The molecule has 1 unspecified atom stereocenters. The summed E-state index contributed by atoms with van der Waals surface area (Å²) in [6.07, 6.45) is 5.91. The van der Waals surface area contributed by atoms with Crippen molar-refractivity contribution in [3.8, 4) is 0 Å². The van der Waals surface area contributed by atoms with Gasteiger partial charge in [-0.15, -0.1) is 0 Å². The highest BCUT2D eigenvalue weighted by atomic mass is 16.2. The predicted octanol–water partition coefficient (Wildman–Crippen LogP) is 1.16. The van der Waals surface area contributed by atoms with Gasteiger partial charge in [0, 0.05) is 37.9 Å². The Hall–Kier alpha value is -2.61. The first-order valence-electron chi connectivity index (χ1n) is 9.99. The van der Waals surface area contributed by atoms with Crippen LogP contribution < -0.4 is 5.32 Å². The molecule has 2 aromatic heterocycles. The number of H-pyrrole nitrogens is 1. The molecule has 0 spiro atoms. The fraction of sp³-hybridized carbons (Fsp3) is 0.550. The molecular formula is C20H28N6O2. The maximum Gasteiger partial charge on any atom is 0.272 e. The summed E-state index contributed by atoms with van der Waals surface area (Å²) in [6.45, 7) is 2.84. The predicted molar refractivity (Wildman–Crippen MR) is 105 cm³/mol. The number of aryl methyl sites for hydroxylation is 1. The lowest BCUT2D eigenvalue weighted by Gasteiger charge is -2.27. The van der Waals surface area contributed by atoms with Gasteiger partial charge in [-0.05, 0) is 51.4 Å². The van der Waals surface area contributed by atoms with Gasteiger partial charge in [0.25, 0.3) is 11.8 Å². The normalized spacial score (nSPS) is 19.6. The van der Waals surface area contributed by atoms with Crippen LogP contribution in [0.25, 0.3) is 0 Å². The second-order valence-corrected chi connectivity index (χ2v) is 7.83. The van der Waals surface area contributed by atoms with Gasteiger partial charge in [-0.2, -0.15) is 5.10 Å². The van der Waals surface area contributed by atoms with Crippen LogP contribution in [0.3, 0.4) is 0 Å². The standard InChI is InChI=1S/C20H28N6O2/c1-24-10-3-5-14(24)7-9-21-19(27)18-15-8-12-26(13-16(15)22-23-18)20(28)17-6-4-11-25(17)2/h4,6,11,14H,3,5,7-10,12-13H2,1-2H3,(H,21,27)(H,22,23). The first kappa shape index (κ1) is 18.7. The lowest BCUT2D eigenvalue weighted by Crippen LogP contribution is -2.37. The van der Waals surface area contributed by atoms with Gasteiger partial charge >= 0.3 is 0 Å². The molecule has 0 bridgehead atoms. The van der Waals surface area contributed by atoms with E-state index in [4.69, 9.17) is 0 Å². The van der Waals surface area contributed by atoms with Crippen molar-refractivity contribution in [1.29, 1.82) is 0 Å². The van der Waals surface area contributed by atoms with Crippen molar-refractivity contribution in [2.75, 3.05) is 26.7 Å². The molecule has 0 aromatic carbocycles. The minimum Gasteiger partial charge on any atom is -0.351 e. The van der Waals surface area contributed by atoms with Crippen molar-refractivity contribution in [2.45, 2.75) is 38.3 Å². The largest absolute Gasteiger partial charge is 0.351 e. The first-order valence-corrected chi connectivity index (χ1v) is 9.99.